The lowest BCUT2D eigenvalue weighted by Gasteiger charge is -2.05. The van der Waals surface area contributed by atoms with Crippen LogP contribution in [0.5, 0.6) is 0 Å². The number of hydrogen-bond donors (Lipinski definition) is 1. The number of fused-ring (bicyclic) bond motifs is 1. The molecule has 0 atom stereocenters. The Morgan fingerprint density at radius 3 is 2.88 bits per heavy atom. The molecule has 0 bridgehead atoms. The molecule has 2 rings (SSSR count). The van der Waals surface area contributed by atoms with E-state index in [9.17, 15) is 0 Å². The molecule has 2 aromatic rings. The summed E-state index contributed by atoms with van der Waals surface area (Å²) in [5.41, 5.74) is 3.47. The van der Waals surface area contributed by atoms with E-state index in [-0.39, 0.29) is 0 Å². The molecule has 0 saturated carbocycles. The highest BCUT2D eigenvalue weighted by Gasteiger charge is 2.06. The summed E-state index contributed by atoms with van der Waals surface area (Å²) in [6.45, 7) is 8.43. The number of furan rings is 1. The van der Waals surface area contributed by atoms with Crippen molar-refractivity contribution in [3.05, 3.63) is 35.6 Å². The van der Waals surface area contributed by atoms with Gasteiger partial charge in [-0.2, -0.15) is 0 Å². The molecule has 0 aliphatic carbocycles. The van der Waals surface area contributed by atoms with Gasteiger partial charge in [0.25, 0.3) is 0 Å². The molecule has 0 fully saturated rings. The normalized spacial score (nSPS) is 11.5. The van der Waals surface area contributed by atoms with Gasteiger partial charge in [0.2, 0.25) is 0 Å². The first kappa shape index (κ1) is 11.2. The second-order valence-corrected chi connectivity index (χ2v) is 4.74. The van der Waals surface area contributed by atoms with Crippen molar-refractivity contribution in [2.45, 2.75) is 27.3 Å². The number of aryl methyl sites for hydroxylation is 1. The van der Waals surface area contributed by atoms with E-state index in [0.717, 1.165) is 18.7 Å². The van der Waals surface area contributed by atoms with E-state index in [1.54, 1.807) is 0 Å². The summed E-state index contributed by atoms with van der Waals surface area (Å²) in [4.78, 5) is 0. The Hall–Kier alpha value is -1.28. The van der Waals surface area contributed by atoms with Crippen molar-refractivity contribution in [3.63, 3.8) is 0 Å². The van der Waals surface area contributed by atoms with E-state index in [4.69, 9.17) is 4.42 Å². The summed E-state index contributed by atoms with van der Waals surface area (Å²) in [7, 11) is 0. The van der Waals surface area contributed by atoms with Gasteiger partial charge in [0, 0.05) is 17.5 Å². The summed E-state index contributed by atoms with van der Waals surface area (Å²) in [6.07, 6.45) is 1.87. The lowest BCUT2D eigenvalue weighted by atomic mass is 10.1. The topological polar surface area (TPSA) is 25.2 Å². The van der Waals surface area contributed by atoms with Crippen LogP contribution in [0.4, 0.5) is 0 Å². The average Bonchev–Trinajstić information content (AvgIpc) is 2.63. The molecule has 0 saturated heterocycles. The summed E-state index contributed by atoms with van der Waals surface area (Å²) in [6, 6.07) is 6.29. The van der Waals surface area contributed by atoms with E-state index in [1.807, 2.05) is 6.26 Å². The zero-order valence-corrected chi connectivity index (χ0v) is 10.2. The number of nitrogens with one attached hydrogen (secondary N) is 1. The fourth-order valence-corrected chi connectivity index (χ4v) is 1.89. The Labute approximate surface area is 96.6 Å². The van der Waals surface area contributed by atoms with Crippen LogP contribution in [0.3, 0.4) is 0 Å². The maximum atomic E-state index is 5.60. The van der Waals surface area contributed by atoms with Crippen LogP contribution in [-0.4, -0.2) is 6.54 Å². The second-order valence-electron chi connectivity index (χ2n) is 4.74. The fraction of sp³-hybridized carbons (Fsp3) is 0.429. The first-order valence-corrected chi connectivity index (χ1v) is 5.85. The van der Waals surface area contributed by atoms with E-state index in [1.165, 1.54) is 16.5 Å². The third kappa shape index (κ3) is 2.27. The van der Waals surface area contributed by atoms with Crippen LogP contribution in [0, 0.1) is 12.8 Å². The highest BCUT2D eigenvalue weighted by atomic mass is 16.3. The van der Waals surface area contributed by atoms with Gasteiger partial charge in [-0.25, -0.2) is 0 Å². The lowest BCUT2D eigenvalue weighted by Crippen LogP contribution is -2.18. The maximum Gasteiger partial charge on any atom is 0.137 e. The molecule has 0 aliphatic rings. The molecule has 0 radical (unpaired) electrons. The first-order valence-electron chi connectivity index (χ1n) is 5.85. The maximum absolute atomic E-state index is 5.60. The van der Waals surface area contributed by atoms with Gasteiger partial charge in [-0.05, 0) is 24.9 Å². The van der Waals surface area contributed by atoms with Crippen molar-refractivity contribution in [1.82, 2.24) is 5.32 Å². The summed E-state index contributed by atoms with van der Waals surface area (Å²) in [5.74, 6) is 0.680. The van der Waals surface area contributed by atoms with Gasteiger partial charge in [0.15, 0.2) is 0 Å². The standard InChI is InChI=1S/C14H19NO/c1-10(2)7-15-8-12-9-16-14-11(3)5-4-6-13(12)14/h4-6,9-10,15H,7-8H2,1-3H3. The van der Waals surface area contributed by atoms with Gasteiger partial charge >= 0.3 is 0 Å². The predicted molar refractivity (Wildman–Crippen MR) is 67.5 cm³/mol. The van der Waals surface area contributed by atoms with Crippen molar-refractivity contribution in [3.8, 4) is 0 Å². The number of benzene rings is 1. The van der Waals surface area contributed by atoms with E-state index in [0.29, 0.717) is 5.92 Å². The molecule has 86 valence electrons. The molecule has 16 heavy (non-hydrogen) atoms. The van der Waals surface area contributed by atoms with Gasteiger partial charge in [0.1, 0.15) is 5.58 Å². The quantitative estimate of drug-likeness (QED) is 0.848. The molecule has 1 N–H and O–H groups in total. The minimum absolute atomic E-state index is 0.680. The van der Waals surface area contributed by atoms with Gasteiger partial charge in [-0.3, -0.25) is 0 Å². The van der Waals surface area contributed by atoms with E-state index < -0.39 is 0 Å². The Kier molecular flexibility index (Phi) is 3.30. The molecular weight excluding hydrogens is 198 g/mol. The summed E-state index contributed by atoms with van der Waals surface area (Å²) >= 11 is 0. The Bertz CT molecular complexity index is 471. The summed E-state index contributed by atoms with van der Waals surface area (Å²) < 4.78 is 5.60. The highest BCUT2D eigenvalue weighted by Crippen LogP contribution is 2.23. The number of para-hydroxylation sites is 1. The van der Waals surface area contributed by atoms with Crippen molar-refractivity contribution >= 4 is 11.0 Å². The third-order valence-corrected chi connectivity index (χ3v) is 2.74. The van der Waals surface area contributed by atoms with E-state index >= 15 is 0 Å². The van der Waals surface area contributed by atoms with Crippen molar-refractivity contribution in [2.24, 2.45) is 5.92 Å². The minimum Gasteiger partial charge on any atom is -0.464 e. The van der Waals surface area contributed by atoms with Crippen molar-refractivity contribution in [1.29, 1.82) is 0 Å². The van der Waals surface area contributed by atoms with Crippen LogP contribution in [0.1, 0.15) is 25.0 Å². The smallest absolute Gasteiger partial charge is 0.137 e. The molecule has 0 spiro atoms. The number of rotatable bonds is 4. The van der Waals surface area contributed by atoms with Crippen LogP contribution < -0.4 is 5.32 Å². The molecule has 2 nitrogen and oxygen atoms in total. The van der Waals surface area contributed by atoms with Gasteiger partial charge in [0.05, 0.1) is 6.26 Å². The van der Waals surface area contributed by atoms with Crippen LogP contribution in [0.25, 0.3) is 11.0 Å². The Morgan fingerprint density at radius 1 is 1.31 bits per heavy atom. The largest absolute Gasteiger partial charge is 0.464 e. The Morgan fingerprint density at radius 2 is 2.12 bits per heavy atom. The van der Waals surface area contributed by atoms with Crippen LogP contribution in [-0.2, 0) is 6.54 Å². The van der Waals surface area contributed by atoms with Crippen molar-refractivity contribution in [2.75, 3.05) is 6.54 Å². The van der Waals surface area contributed by atoms with Crippen LogP contribution >= 0.6 is 0 Å². The minimum atomic E-state index is 0.680. The number of hydrogen-bond acceptors (Lipinski definition) is 2. The highest BCUT2D eigenvalue weighted by molar-refractivity contribution is 5.83. The van der Waals surface area contributed by atoms with Gasteiger partial charge in [-0.1, -0.05) is 32.0 Å². The molecule has 2 heteroatoms. The van der Waals surface area contributed by atoms with Gasteiger partial charge < -0.3 is 9.73 Å². The molecular formula is C14H19NO. The fourth-order valence-electron chi connectivity index (χ4n) is 1.89. The molecule has 0 aliphatic heterocycles. The molecule has 0 unspecified atom stereocenters. The zero-order chi connectivity index (χ0) is 11.5. The van der Waals surface area contributed by atoms with E-state index in [2.05, 4.69) is 44.3 Å². The average molecular weight is 217 g/mol. The molecule has 1 aromatic carbocycles. The molecule has 1 aromatic heterocycles. The van der Waals surface area contributed by atoms with Crippen LogP contribution in [0.15, 0.2) is 28.9 Å². The monoisotopic (exact) mass is 217 g/mol. The zero-order valence-electron chi connectivity index (χ0n) is 10.2. The van der Waals surface area contributed by atoms with Crippen molar-refractivity contribution < 1.29 is 4.42 Å². The SMILES string of the molecule is Cc1cccc2c(CNCC(C)C)coc12. The Balaban J connectivity index is 2.16. The third-order valence-electron chi connectivity index (χ3n) is 2.74. The first-order chi connectivity index (χ1) is 7.68. The van der Waals surface area contributed by atoms with Gasteiger partial charge in [-0.15, -0.1) is 0 Å². The molecule has 0 amide bonds. The lowest BCUT2D eigenvalue weighted by molar-refractivity contribution is 0.546. The van der Waals surface area contributed by atoms with Crippen LogP contribution in [0.2, 0.25) is 0 Å². The second kappa shape index (κ2) is 4.71. The summed E-state index contributed by atoms with van der Waals surface area (Å²) in [5, 5.41) is 4.67. The predicted octanol–water partition coefficient (Wildman–Crippen LogP) is 3.49. The molecule has 1 heterocycles.